The van der Waals surface area contributed by atoms with Gasteiger partial charge in [-0.15, -0.1) is 11.3 Å². The summed E-state index contributed by atoms with van der Waals surface area (Å²) in [5, 5.41) is 6.49. The molecule has 3 rings (SSSR count). The van der Waals surface area contributed by atoms with E-state index >= 15 is 0 Å². The number of aromatic nitrogens is 2. The van der Waals surface area contributed by atoms with Gasteiger partial charge in [-0.1, -0.05) is 11.6 Å². The van der Waals surface area contributed by atoms with Gasteiger partial charge in [-0.2, -0.15) is 0 Å². The Hall–Kier alpha value is -2.11. The minimum atomic E-state index is 0.471. The highest BCUT2D eigenvalue weighted by molar-refractivity contribution is 7.14. The van der Waals surface area contributed by atoms with Gasteiger partial charge in [-0.25, -0.2) is 9.97 Å². The SMILES string of the molecule is COc1ccc(-c2csc(Nc3ccc(Cl)nc3)n2)cc1. The van der Waals surface area contributed by atoms with Crippen molar-refractivity contribution in [1.82, 2.24) is 9.97 Å². The maximum atomic E-state index is 5.76. The third kappa shape index (κ3) is 3.32. The second kappa shape index (κ2) is 6.11. The fraction of sp³-hybridized carbons (Fsp3) is 0.0667. The maximum Gasteiger partial charge on any atom is 0.187 e. The first-order valence-corrected chi connectivity index (χ1v) is 7.49. The Balaban J connectivity index is 1.77. The summed E-state index contributed by atoms with van der Waals surface area (Å²) in [5.41, 5.74) is 2.83. The Kier molecular flexibility index (Phi) is 4.03. The van der Waals surface area contributed by atoms with Gasteiger partial charge in [0, 0.05) is 10.9 Å². The van der Waals surface area contributed by atoms with Crippen LogP contribution < -0.4 is 10.1 Å². The molecular formula is C15H12ClN3OS. The van der Waals surface area contributed by atoms with Gasteiger partial charge >= 0.3 is 0 Å². The highest BCUT2D eigenvalue weighted by Crippen LogP contribution is 2.28. The van der Waals surface area contributed by atoms with Crippen LogP contribution in [0.15, 0.2) is 48.0 Å². The Labute approximate surface area is 131 Å². The zero-order chi connectivity index (χ0) is 14.7. The fourth-order valence-electron chi connectivity index (χ4n) is 1.80. The summed E-state index contributed by atoms with van der Waals surface area (Å²) in [4.78, 5) is 8.58. The van der Waals surface area contributed by atoms with Crippen molar-refractivity contribution in [3.05, 3.63) is 53.1 Å². The normalized spacial score (nSPS) is 10.4. The molecule has 0 bridgehead atoms. The molecule has 1 N–H and O–H groups in total. The number of ether oxygens (including phenoxy) is 1. The van der Waals surface area contributed by atoms with E-state index in [1.165, 1.54) is 11.3 Å². The average Bonchev–Trinajstić information content (AvgIpc) is 2.98. The first-order valence-electron chi connectivity index (χ1n) is 6.23. The predicted octanol–water partition coefficient (Wildman–Crippen LogP) is 4.61. The number of nitrogens with zero attached hydrogens (tertiary/aromatic N) is 2. The molecule has 0 amide bonds. The van der Waals surface area contributed by atoms with Gasteiger partial charge in [-0.05, 0) is 36.4 Å². The molecule has 0 unspecified atom stereocenters. The summed E-state index contributed by atoms with van der Waals surface area (Å²) in [5.74, 6) is 0.833. The lowest BCUT2D eigenvalue weighted by Gasteiger charge is -2.02. The van der Waals surface area contributed by atoms with Crippen LogP contribution in [-0.2, 0) is 0 Å². The zero-order valence-electron chi connectivity index (χ0n) is 11.2. The van der Waals surface area contributed by atoms with Gasteiger partial charge in [0.1, 0.15) is 10.9 Å². The third-order valence-corrected chi connectivity index (χ3v) is 3.85. The molecule has 0 saturated carbocycles. The second-order valence-corrected chi connectivity index (χ2v) is 5.51. The summed E-state index contributed by atoms with van der Waals surface area (Å²) in [6.07, 6.45) is 1.68. The molecule has 0 radical (unpaired) electrons. The molecule has 1 aromatic carbocycles. The minimum absolute atomic E-state index is 0.471. The summed E-state index contributed by atoms with van der Waals surface area (Å²) < 4.78 is 5.15. The highest BCUT2D eigenvalue weighted by atomic mass is 35.5. The van der Waals surface area contributed by atoms with Gasteiger partial charge in [0.2, 0.25) is 0 Å². The molecule has 0 aliphatic heterocycles. The Bertz CT molecular complexity index is 725. The number of benzene rings is 1. The van der Waals surface area contributed by atoms with Gasteiger partial charge in [0.15, 0.2) is 5.13 Å². The summed E-state index contributed by atoms with van der Waals surface area (Å²) in [6.45, 7) is 0. The van der Waals surface area contributed by atoms with Crippen LogP contribution in [0.5, 0.6) is 5.75 Å². The first-order chi connectivity index (χ1) is 10.2. The van der Waals surface area contributed by atoms with Crippen LogP contribution in [0.25, 0.3) is 11.3 Å². The van der Waals surface area contributed by atoms with Crippen LogP contribution in [0.3, 0.4) is 0 Å². The van der Waals surface area contributed by atoms with E-state index in [-0.39, 0.29) is 0 Å². The quantitative estimate of drug-likeness (QED) is 0.714. The van der Waals surface area contributed by atoms with Crippen LogP contribution >= 0.6 is 22.9 Å². The molecule has 0 aliphatic carbocycles. The smallest absolute Gasteiger partial charge is 0.187 e. The van der Waals surface area contributed by atoms with Crippen LogP contribution in [0, 0.1) is 0 Å². The molecule has 21 heavy (non-hydrogen) atoms. The fourth-order valence-corrected chi connectivity index (χ4v) is 2.65. The van der Waals surface area contributed by atoms with Crippen molar-refractivity contribution < 1.29 is 4.74 Å². The lowest BCUT2D eigenvalue weighted by atomic mass is 10.2. The molecule has 0 saturated heterocycles. The number of hydrogen-bond acceptors (Lipinski definition) is 5. The summed E-state index contributed by atoms with van der Waals surface area (Å²) in [7, 11) is 1.65. The molecule has 0 aliphatic rings. The zero-order valence-corrected chi connectivity index (χ0v) is 12.8. The van der Waals surface area contributed by atoms with Crippen LogP contribution in [0.4, 0.5) is 10.8 Å². The number of nitrogens with one attached hydrogen (secondary N) is 1. The Morgan fingerprint density at radius 1 is 1.14 bits per heavy atom. The summed E-state index contributed by atoms with van der Waals surface area (Å²) >= 11 is 7.30. The van der Waals surface area contributed by atoms with E-state index in [1.807, 2.05) is 35.7 Å². The monoisotopic (exact) mass is 317 g/mol. The molecule has 0 spiro atoms. The van der Waals surface area contributed by atoms with Gasteiger partial charge < -0.3 is 10.1 Å². The third-order valence-electron chi connectivity index (χ3n) is 2.87. The number of pyridine rings is 1. The predicted molar refractivity (Wildman–Crippen MR) is 86.6 cm³/mol. The molecule has 2 aromatic heterocycles. The van der Waals surface area contributed by atoms with E-state index in [2.05, 4.69) is 15.3 Å². The van der Waals surface area contributed by atoms with E-state index in [0.29, 0.717) is 5.15 Å². The van der Waals surface area contributed by atoms with Crippen molar-refractivity contribution in [2.24, 2.45) is 0 Å². The average molecular weight is 318 g/mol. The highest BCUT2D eigenvalue weighted by Gasteiger charge is 2.05. The molecule has 0 fully saturated rings. The number of thiazole rings is 1. The van der Waals surface area contributed by atoms with Crippen molar-refractivity contribution in [3.63, 3.8) is 0 Å². The van der Waals surface area contributed by atoms with Gasteiger partial charge in [0.05, 0.1) is 24.7 Å². The second-order valence-electron chi connectivity index (χ2n) is 4.26. The first kappa shape index (κ1) is 13.9. The lowest BCUT2D eigenvalue weighted by molar-refractivity contribution is 0.415. The Morgan fingerprint density at radius 3 is 2.62 bits per heavy atom. The molecule has 2 heterocycles. The van der Waals surface area contributed by atoms with Crippen molar-refractivity contribution in [1.29, 1.82) is 0 Å². The number of anilines is 2. The van der Waals surface area contributed by atoms with Crippen LogP contribution in [0.1, 0.15) is 0 Å². The molecule has 6 heteroatoms. The van der Waals surface area contributed by atoms with E-state index in [1.54, 1.807) is 19.4 Å². The van der Waals surface area contributed by atoms with Crippen molar-refractivity contribution in [2.75, 3.05) is 12.4 Å². The number of hydrogen-bond donors (Lipinski definition) is 1. The van der Waals surface area contributed by atoms with Crippen molar-refractivity contribution in [2.45, 2.75) is 0 Å². The topological polar surface area (TPSA) is 47.0 Å². The van der Waals surface area contributed by atoms with E-state index in [9.17, 15) is 0 Å². The molecule has 3 aromatic rings. The van der Waals surface area contributed by atoms with E-state index < -0.39 is 0 Å². The molecule has 0 atom stereocenters. The maximum absolute atomic E-state index is 5.76. The van der Waals surface area contributed by atoms with Crippen LogP contribution in [-0.4, -0.2) is 17.1 Å². The number of methoxy groups -OCH3 is 1. The number of rotatable bonds is 4. The summed E-state index contributed by atoms with van der Waals surface area (Å²) in [6, 6.07) is 11.4. The molecule has 106 valence electrons. The van der Waals surface area contributed by atoms with Crippen molar-refractivity contribution >= 4 is 33.8 Å². The van der Waals surface area contributed by atoms with E-state index in [0.717, 1.165) is 27.8 Å². The lowest BCUT2D eigenvalue weighted by Crippen LogP contribution is -1.90. The molecule has 4 nitrogen and oxygen atoms in total. The van der Waals surface area contributed by atoms with E-state index in [4.69, 9.17) is 16.3 Å². The minimum Gasteiger partial charge on any atom is -0.497 e. The number of halogens is 1. The standard InChI is InChI=1S/C15H12ClN3OS/c1-20-12-5-2-10(3-6-12)13-9-21-15(19-13)18-11-4-7-14(16)17-8-11/h2-9H,1H3,(H,18,19). The van der Waals surface area contributed by atoms with Crippen LogP contribution in [0.2, 0.25) is 5.15 Å². The van der Waals surface area contributed by atoms with Crippen molar-refractivity contribution in [3.8, 4) is 17.0 Å². The molecular weight excluding hydrogens is 306 g/mol. The van der Waals surface area contributed by atoms with Gasteiger partial charge in [-0.3, -0.25) is 0 Å². The van der Waals surface area contributed by atoms with Gasteiger partial charge in [0.25, 0.3) is 0 Å². The Morgan fingerprint density at radius 2 is 1.95 bits per heavy atom. The largest absolute Gasteiger partial charge is 0.497 e.